The number of ketones is 1. The van der Waals surface area contributed by atoms with E-state index in [0.717, 1.165) is 0 Å². The van der Waals surface area contributed by atoms with Gasteiger partial charge in [-0.2, -0.15) is 0 Å². The Morgan fingerprint density at radius 2 is 2.15 bits per heavy atom. The largest absolute Gasteiger partial charge is 0.365 e. The molecule has 4 heteroatoms. The fraction of sp³-hybridized carbons (Fsp3) is 0.222. The Balaban J connectivity index is 4.35. The highest BCUT2D eigenvalue weighted by atomic mass is 16.1. The molecule has 0 radical (unpaired) electrons. The van der Waals surface area contributed by atoms with Crippen LogP contribution >= 0.6 is 0 Å². The second kappa shape index (κ2) is 5.88. The number of nitrogens with two attached hydrogens (primary N) is 1. The first-order valence-corrected chi connectivity index (χ1v) is 3.76. The maximum absolute atomic E-state index is 10.7. The van der Waals surface area contributed by atoms with Crippen LogP contribution < -0.4 is 10.7 Å². The lowest BCUT2D eigenvalue weighted by molar-refractivity contribution is -0.437. The SMILES string of the molecule is C=C/C=C(\C=[NH+]CC(C)=O)C(N)=O. The lowest BCUT2D eigenvalue weighted by atomic mass is 10.2. The van der Waals surface area contributed by atoms with Gasteiger partial charge in [0.25, 0.3) is 5.91 Å². The summed E-state index contributed by atoms with van der Waals surface area (Å²) in [5.74, 6) is -0.574. The van der Waals surface area contributed by atoms with E-state index in [4.69, 9.17) is 5.73 Å². The van der Waals surface area contributed by atoms with Crippen molar-refractivity contribution in [2.75, 3.05) is 6.54 Å². The van der Waals surface area contributed by atoms with Gasteiger partial charge in [-0.25, -0.2) is 4.99 Å². The zero-order valence-electron chi connectivity index (χ0n) is 7.54. The van der Waals surface area contributed by atoms with Crippen LogP contribution in [0.4, 0.5) is 0 Å². The van der Waals surface area contributed by atoms with Gasteiger partial charge in [-0.05, 0) is 6.08 Å². The predicted octanol–water partition coefficient (Wildman–Crippen LogP) is -1.68. The summed E-state index contributed by atoms with van der Waals surface area (Å²) in [5.41, 5.74) is 5.32. The summed E-state index contributed by atoms with van der Waals surface area (Å²) in [6.45, 7) is 5.06. The van der Waals surface area contributed by atoms with Crippen molar-refractivity contribution in [3.8, 4) is 0 Å². The molecule has 0 spiro atoms. The number of primary amides is 1. The number of allylic oxidation sites excluding steroid dienone is 2. The van der Waals surface area contributed by atoms with Crippen molar-refractivity contribution in [1.82, 2.24) is 0 Å². The molecule has 1 amide bonds. The van der Waals surface area contributed by atoms with Crippen LogP contribution in [0.1, 0.15) is 6.92 Å². The van der Waals surface area contributed by atoms with Gasteiger partial charge in [0, 0.05) is 6.92 Å². The van der Waals surface area contributed by atoms with Crippen molar-refractivity contribution in [2.45, 2.75) is 6.92 Å². The second-order valence-corrected chi connectivity index (χ2v) is 2.45. The van der Waals surface area contributed by atoms with E-state index in [9.17, 15) is 9.59 Å². The average Bonchev–Trinajstić information content (AvgIpc) is 2.02. The minimum Gasteiger partial charge on any atom is -0.365 e. The first-order valence-electron chi connectivity index (χ1n) is 3.76. The van der Waals surface area contributed by atoms with Crippen LogP contribution in [0.15, 0.2) is 24.3 Å². The van der Waals surface area contributed by atoms with Crippen molar-refractivity contribution in [3.05, 3.63) is 24.3 Å². The molecule has 0 aromatic rings. The van der Waals surface area contributed by atoms with Crippen LogP contribution in [0.5, 0.6) is 0 Å². The Morgan fingerprint density at radius 1 is 1.54 bits per heavy atom. The molecule has 3 N–H and O–H groups in total. The first-order chi connectivity index (χ1) is 6.07. The summed E-state index contributed by atoms with van der Waals surface area (Å²) in [7, 11) is 0. The molecule has 0 aliphatic heterocycles. The number of carbonyl (C=O) groups is 2. The van der Waals surface area contributed by atoms with E-state index < -0.39 is 5.91 Å². The Hall–Kier alpha value is -1.71. The maximum atomic E-state index is 10.7. The van der Waals surface area contributed by atoms with Crippen molar-refractivity contribution in [1.29, 1.82) is 0 Å². The normalized spacial score (nSPS) is 11.6. The molecular weight excluding hydrogens is 168 g/mol. The topological polar surface area (TPSA) is 74.1 Å². The maximum Gasteiger partial charge on any atom is 0.254 e. The highest BCUT2D eigenvalue weighted by Crippen LogP contribution is 1.85. The van der Waals surface area contributed by atoms with Gasteiger partial charge in [0.1, 0.15) is 5.57 Å². The average molecular weight is 181 g/mol. The lowest BCUT2D eigenvalue weighted by Gasteiger charge is -1.87. The molecule has 0 bridgehead atoms. The molecular formula is C9H13N2O2+. The van der Waals surface area contributed by atoms with E-state index in [0.29, 0.717) is 0 Å². The summed E-state index contributed by atoms with van der Waals surface area (Å²) in [4.78, 5) is 23.9. The predicted molar refractivity (Wildman–Crippen MR) is 50.0 cm³/mol. The van der Waals surface area contributed by atoms with E-state index in [-0.39, 0.29) is 17.9 Å². The molecule has 0 aromatic carbocycles. The van der Waals surface area contributed by atoms with E-state index >= 15 is 0 Å². The summed E-state index contributed by atoms with van der Waals surface area (Å²) in [5, 5.41) is 0. The summed E-state index contributed by atoms with van der Waals surface area (Å²) in [6, 6.07) is 0. The Bertz CT molecular complexity index is 277. The molecule has 0 aliphatic carbocycles. The van der Waals surface area contributed by atoms with Crippen molar-refractivity contribution in [3.63, 3.8) is 0 Å². The minimum absolute atomic E-state index is 0.0151. The van der Waals surface area contributed by atoms with Gasteiger partial charge < -0.3 is 5.73 Å². The Labute approximate surface area is 76.8 Å². The van der Waals surface area contributed by atoms with Crippen molar-refractivity contribution in [2.24, 2.45) is 5.73 Å². The summed E-state index contributed by atoms with van der Waals surface area (Å²) >= 11 is 0. The zero-order chi connectivity index (χ0) is 10.3. The third-order valence-corrected chi connectivity index (χ3v) is 1.19. The third kappa shape index (κ3) is 5.55. The molecule has 0 fully saturated rings. The summed E-state index contributed by atoms with van der Waals surface area (Å²) in [6.07, 6.45) is 4.31. The highest BCUT2D eigenvalue weighted by molar-refractivity contribution is 6.10. The molecule has 0 heterocycles. The van der Waals surface area contributed by atoms with Gasteiger partial charge in [-0.1, -0.05) is 12.7 Å². The fourth-order valence-corrected chi connectivity index (χ4v) is 0.633. The number of amides is 1. The molecule has 0 aromatic heterocycles. The third-order valence-electron chi connectivity index (χ3n) is 1.19. The van der Waals surface area contributed by atoms with Gasteiger partial charge in [0.2, 0.25) is 0 Å². The van der Waals surface area contributed by atoms with E-state index in [1.807, 2.05) is 0 Å². The number of carbonyl (C=O) groups excluding carboxylic acids is 2. The molecule has 0 rings (SSSR count). The molecule has 0 atom stereocenters. The molecule has 0 saturated carbocycles. The number of nitrogens with one attached hydrogen (secondary N) is 1. The zero-order valence-corrected chi connectivity index (χ0v) is 7.54. The smallest absolute Gasteiger partial charge is 0.254 e. The molecule has 0 saturated heterocycles. The monoisotopic (exact) mass is 181 g/mol. The van der Waals surface area contributed by atoms with Gasteiger partial charge in [-0.15, -0.1) is 0 Å². The van der Waals surface area contributed by atoms with E-state index in [2.05, 4.69) is 11.6 Å². The minimum atomic E-state index is -0.559. The summed E-state index contributed by atoms with van der Waals surface area (Å²) < 4.78 is 0. The van der Waals surface area contributed by atoms with Gasteiger partial charge >= 0.3 is 0 Å². The molecule has 13 heavy (non-hydrogen) atoms. The Kier molecular flexibility index (Phi) is 5.11. The fourth-order valence-electron chi connectivity index (χ4n) is 0.633. The number of hydrogen-bond acceptors (Lipinski definition) is 2. The molecule has 0 aliphatic rings. The van der Waals surface area contributed by atoms with Gasteiger partial charge in [0.15, 0.2) is 18.5 Å². The first kappa shape index (κ1) is 11.3. The molecule has 0 unspecified atom stereocenters. The van der Waals surface area contributed by atoms with Gasteiger partial charge in [-0.3, -0.25) is 9.59 Å². The van der Waals surface area contributed by atoms with Crippen LogP contribution in [-0.2, 0) is 9.59 Å². The van der Waals surface area contributed by atoms with Crippen LogP contribution in [-0.4, -0.2) is 24.4 Å². The highest BCUT2D eigenvalue weighted by Gasteiger charge is 2.03. The van der Waals surface area contributed by atoms with Crippen LogP contribution in [0.25, 0.3) is 0 Å². The number of Topliss-reactive ketones (excluding diaryl/α,β-unsaturated/α-hetero) is 1. The van der Waals surface area contributed by atoms with E-state index in [1.165, 1.54) is 25.3 Å². The van der Waals surface area contributed by atoms with Crippen molar-refractivity contribution < 1.29 is 14.6 Å². The number of rotatable bonds is 5. The molecule has 70 valence electrons. The van der Waals surface area contributed by atoms with Crippen molar-refractivity contribution >= 4 is 17.9 Å². The number of hydrogen-bond donors (Lipinski definition) is 2. The Morgan fingerprint density at radius 3 is 2.54 bits per heavy atom. The van der Waals surface area contributed by atoms with Crippen LogP contribution in [0.2, 0.25) is 0 Å². The van der Waals surface area contributed by atoms with Gasteiger partial charge in [0.05, 0.1) is 0 Å². The van der Waals surface area contributed by atoms with E-state index in [1.54, 1.807) is 0 Å². The standard InChI is InChI=1S/C9H12N2O2/c1-3-4-8(9(10)13)6-11-5-7(2)12/h3-4,6H,1,5H2,2H3,(H2,10,13)/p+1/b8-4+,11-6?. The second-order valence-electron chi connectivity index (χ2n) is 2.45. The van der Waals surface area contributed by atoms with Crippen LogP contribution in [0, 0.1) is 0 Å². The quantitative estimate of drug-likeness (QED) is 0.302. The lowest BCUT2D eigenvalue weighted by Crippen LogP contribution is -2.71. The van der Waals surface area contributed by atoms with Crippen LogP contribution in [0.3, 0.4) is 0 Å². The molecule has 4 nitrogen and oxygen atoms in total.